The first kappa shape index (κ1) is 29.4. The van der Waals surface area contributed by atoms with Crippen LogP contribution in [0.25, 0.3) is 0 Å². The van der Waals surface area contributed by atoms with E-state index in [1.54, 1.807) is 20.8 Å². The Kier molecular flexibility index (Phi) is 11.5. The summed E-state index contributed by atoms with van der Waals surface area (Å²) in [6.45, 7) is 14.8. The van der Waals surface area contributed by atoms with E-state index >= 15 is 0 Å². The van der Waals surface area contributed by atoms with Gasteiger partial charge in [0.2, 0.25) is 11.8 Å². The van der Waals surface area contributed by atoms with Gasteiger partial charge in [-0.1, -0.05) is 45.4 Å². The topological polar surface area (TPSA) is 108 Å². The summed E-state index contributed by atoms with van der Waals surface area (Å²) in [5, 5.41) is 15.4. The van der Waals surface area contributed by atoms with Crippen LogP contribution in [-0.2, 0) is 14.3 Å². The molecule has 1 aromatic carbocycles. The standard InChI is InChI=1S/C26H43N3O5/c1-9-10-14-27-23(31)22(20-18(4)12-11-13-19(20)5)29(15-16-30)24(32)21(17(2)3)28-25(33)34-26(6,7)8/h11-13,17,21-22,30H,9-10,14-16H2,1-8H3,(H,27,31)(H,28,33). The Balaban J connectivity index is 3.45. The molecule has 0 saturated carbocycles. The van der Waals surface area contributed by atoms with Gasteiger partial charge >= 0.3 is 6.09 Å². The SMILES string of the molecule is CCCCNC(=O)C(c1c(C)cccc1C)N(CCO)C(=O)C(NC(=O)OC(C)(C)C)C(C)C. The Morgan fingerprint density at radius 2 is 1.71 bits per heavy atom. The highest BCUT2D eigenvalue weighted by molar-refractivity contribution is 5.92. The highest BCUT2D eigenvalue weighted by Gasteiger charge is 2.38. The zero-order chi connectivity index (χ0) is 26.1. The maximum atomic E-state index is 13.8. The number of hydrogen-bond donors (Lipinski definition) is 3. The largest absolute Gasteiger partial charge is 0.444 e. The van der Waals surface area contributed by atoms with Crippen LogP contribution in [0, 0.1) is 19.8 Å². The Morgan fingerprint density at radius 1 is 1.12 bits per heavy atom. The summed E-state index contributed by atoms with van der Waals surface area (Å²) in [5.74, 6) is -1.04. The first-order valence-electron chi connectivity index (χ1n) is 12.1. The fourth-order valence-electron chi connectivity index (χ4n) is 3.77. The average Bonchev–Trinajstić information content (AvgIpc) is 2.71. The van der Waals surface area contributed by atoms with E-state index in [4.69, 9.17) is 4.74 Å². The lowest BCUT2D eigenvalue weighted by molar-refractivity contribution is -0.144. The molecule has 2 unspecified atom stereocenters. The average molecular weight is 478 g/mol. The van der Waals surface area contributed by atoms with Gasteiger partial charge in [-0.3, -0.25) is 9.59 Å². The Labute approximate surface area is 204 Å². The van der Waals surface area contributed by atoms with Gasteiger partial charge in [-0.25, -0.2) is 4.79 Å². The molecule has 0 aliphatic rings. The van der Waals surface area contributed by atoms with Crippen molar-refractivity contribution in [1.82, 2.24) is 15.5 Å². The molecule has 0 fully saturated rings. The van der Waals surface area contributed by atoms with E-state index in [9.17, 15) is 19.5 Å². The molecule has 0 aromatic heterocycles. The quantitative estimate of drug-likeness (QED) is 0.422. The number of amides is 3. The van der Waals surface area contributed by atoms with Crippen LogP contribution in [-0.4, -0.2) is 59.3 Å². The minimum Gasteiger partial charge on any atom is -0.444 e. The van der Waals surface area contributed by atoms with Gasteiger partial charge in [0, 0.05) is 13.1 Å². The predicted molar refractivity (Wildman–Crippen MR) is 133 cm³/mol. The highest BCUT2D eigenvalue weighted by Crippen LogP contribution is 2.29. The van der Waals surface area contributed by atoms with Gasteiger partial charge in [0.15, 0.2) is 0 Å². The van der Waals surface area contributed by atoms with Gasteiger partial charge in [0.05, 0.1) is 6.61 Å². The van der Waals surface area contributed by atoms with Gasteiger partial charge in [0.1, 0.15) is 17.7 Å². The summed E-state index contributed by atoms with van der Waals surface area (Å²) in [7, 11) is 0. The molecule has 8 nitrogen and oxygen atoms in total. The van der Waals surface area contributed by atoms with Crippen LogP contribution in [0.3, 0.4) is 0 Å². The molecular weight excluding hydrogens is 434 g/mol. The predicted octanol–water partition coefficient (Wildman–Crippen LogP) is 3.63. The number of aliphatic hydroxyl groups is 1. The second kappa shape index (κ2) is 13.3. The molecule has 8 heteroatoms. The maximum absolute atomic E-state index is 13.8. The van der Waals surface area contributed by atoms with Gasteiger partial charge in [0.25, 0.3) is 0 Å². The number of aryl methyl sites for hydroxylation is 2. The number of rotatable bonds is 11. The molecule has 192 valence electrons. The van der Waals surface area contributed by atoms with Crippen LogP contribution >= 0.6 is 0 Å². The number of carbonyl (C=O) groups is 3. The number of aliphatic hydroxyl groups excluding tert-OH is 1. The molecule has 1 rings (SSSR count). The highest BCUT2D eigenvalue weighted by atomic mass is 16.6. The summed E-state index contributed by atoms with van der Waals surface area (Å²) in [5.41, 5.74) is 1.73. The van der Waals surface area contributed by atoms with Crippen molar-refractivity contribution in [3.8, 4) is 0 Å². The summed E-state index contributed by atoms with van der Waals surface area (Å²) in [6.07, 6.45) is 1.02. The molecule has 34 heavy (non-hydrogen) atoms. The Bertz CT molecular complexity index is 812. The van der Waals surface area contributed by atoms with Gasteiger partial charge in [-0.05, 0) is 63.6 Å². The fraction of sp³-hybridized carbons (Fsp3) is 0.654. The molecule has 0 radical (unpaired) electrons. The third-order valence-electron chi connectivity index (χ3n) is 5.43. The third-order valence-corrected chi connectivity index (χ3v) is 5.43. The molecular formula is C26H43N3O5. The van der Waals surface area contributed by atoms with Crippen LogP contribution in [0.2, 0.25) is 0 Å². The number of nitrogens with zero attached hydrogens (tertiary/aromatic N) is 1. The number of alkyl carbamates (subject to hydrolysis) is 1. The molecule has 3 amide bonds. The van der Waals surface area contributed by atoms with Gasteiger partial charge in [-0.2, -0.15) is 0 Å². The summed E-state index contributed by atoms with van der Waals surface area (Å²) in [4.78, 5) is 41.1. The minimum absolute atomic E-state index is 0.0578. The van der Waals surface area contributed by atoms with Crippen LogP contribution in [0.1, 0.15) is 77.1 Å². The van der Waals surface area contributed by atoms with Crippen molar-refractivity contribution in [2.24, 2.45) is 5.92 Å². The number of carbonyl (C=O) groups excluding carboxylic acids is 3. The second-order valence-corrected chi connectivity index (χ2v) is 9.98. The fourth-order valence-corrected chi connectivity index (χ4v) is 3.77. The number of nitrogens with one attached hydrogen (secondary N) is 2. The molecule has 0 aliphatic carbocycles. The summed E-state index contributed by atoms with van der Waals surface area (Å²) >= 11 is 0. The van der Waals surface area contributed by atoms with Crippen molar-refractivity contribution in [2.75, 3.05) is 19.7 Å². The summed E-state index contributed by atoms with van der Waals surface area (Å²) < 4.78 is 5.36. The van der Waals surface area contributed by atoms with Crippen LogP contribution < -0.4 is 10.6 Å². The number of hydrogen-bond acceptors (Lipinski definition) is 5. The third kappa shape index (κ3) is 8.63. The van der Waals surface area contributed by atoms with E-state index in [0.29, 0.717) is 6.54 Å². The van der Waals surface area contributed by atoms with Crippen LogP contribution in [0.15, 0.2) is 18.2 Å². The molecule has 0 aliphatic heterocycles. The monoisotopic (exact) mass is 477 g/mol. The lowest BCUT2D eigenvalue weighted by Gasteiger charge is -2.36. The smallest absolute Gasteiger partial charge is 0.408 e. The van der Waals surface area contributed by atoms with E-state index < -0.39 is 29.7 Å². The lowest BCUT2D eigenvalue weighted by atomic mass is 9.92. The number of unbranched alkanes of at least 4 members (excludes halogenated alkanes) is 1. The van der Waals surface area contributed by atoms with E-state index in [2.05, 4.69) is 10.6 Å². The van der Waals surface area contributed by atoms with E-state index in [-0.39, 0.29) is 25.0 Å². The van der Waals surface area contributed by atoms with Crippen molar-refractivity contribution in [1.29, 1.82) is 0 Å². The zero-order valence-corrected chi connectivity index (χ0v) is 22.0. The lowest BCUT2D eigenvalue weighted by Crippen LogP contribution is -2.55. The molecule has 3 N–H and O–H groups in total. The number of ether oxygens (including phenoxy) is 1. The van der Waals surface area contributed by atoms with E-state index in [1.165, 1.54) is 4.90 Å². The molecule has 2 atom stereocenters. The van der Waals surface area contributed by atoms with Crippen molar-refractivity contribution in [2.45, 2.75) is 85.9 Å². The van der Waals surface area contributed by atoms with Gasteiger partial charge in [-0.15, -0.1) is 0 Å². The molecule has 0 bridgehead atoms. The maximum Gasteiger partial charge on any atom is 0.408 e. The van der Waals surface area contributed by atoms with Crippen molar-refractivity contribution >= 4 is 17.9 Å². The normalized spacial score (nSPS) is 13.2. The van der Waals surface area contributed by atoms with Crippen LogP contribution in [0.5, 0.6) is 0 Å². The molecule has 0 spiro atoms. The van der Waals surface area contributed by atoms with E-state index in [1.807, 2.05) is 52.8 Å². The van der Waals surface area contributed by atoms with E-state index in [0.717, 1.165) is 29.5 Å². The summed E-state index contributed by atoms with van der Waals surface area (Å²) in [6, 6.07) is 3.82. The first-order chi connectivity index (χ1) is 15.8. The first-order valence-corrected chi connectivity index (χ1v) is 12.1. The number of benzene rings is 1. The molecule has 0 saturated heterocycles. The molecule has 0 heterocycles. The zero-order valence-electron chi connectivity index (χ0n) is 22.0. The van der Waals surface area contributed by atoms with Gasteiger partial charge < -0.3 is 25.4 Å². The second-order valence-electron chi connectivity index (χ2n) is 9.98. The van der Waals surface area contributed by atoms with Crippen molar-refractivity contribution < 1.29 is 24.2 Å². The van der Waals surface area contributed by atoms with Crippen LogP contribution in [0.4, 0.5) is 4.79 Å². The minimum atomic E-state index is -0.945. The van der Waals surface area contributed by atoms with Crippen molar-refractivity contribution in [3.63, 3.8) is 0 Å². The molecule has 1 aromatic rings. The Hall–Kier alpha value is -2.61. The van der Waals surface area contributed by atoms with Crippen molar-refractivity contribution in [3.05, 3.63) is 34.9 Å². The Morgan fingerprint density at radius 3 is 2.18 bits per heavy atom.